The van der Waals surface area contributed by atoms with E-state index in [2.05, 4.69) is 32.1 Å². The lowest BCUT2D eigenvalue weighted by Crippen LogP contribution is -2.34. The van der Waals surface area contributed by atoms with Gasteiger partial charge in [0.1, 0.15) is 0 Å². The van der Waals surface area contributed by atoms with Crippen molar-refractivity contribution in [3.63, 3.8) is 0 Å². The van der Waals surface area contributed by atoms with Crippen molar-refractivity contribution in [3.8, 4) is 5.69 Å². The largest absolute Gasteiger partial charge is 0.350 e. The fraction of sp³-hybridized carbons (Fsp3) is 0.263. The molecule has 3 rings (SSSR count). The van der Waals surface area contributed by atoms with Gasteiger partial charge in [-0.05, 0) is 55.5 Å². The van der Waals surface area contributed by atoms with E-state index in [-0.39, 0.29) is 11.9 Å². The van der Waals surface area contributed by atoms with E-state index < -0.39 is 0 Å². The molecule has 0 saturated carbocycles. The Morgan fingerprint density at radius 3 is 2.68 bits per heavy atom. The normalized spacial score (nSPS) is 12.3. The number of nitrogens with one attached hydrogen (secondary N) is 1. The Bertz CT molecular complexity index is 824. The summed E-state index contributed by atoms with van der Waals surface area (Å²) in [5.74, 6) is -0.0956. The summed E-state index contributed by atoms with van der Waals surface area (Å²) in [6.07, 6.45) is 1.63. The van der Waals surface area contributed by atoms with Gasteiger partial charge in [0.05, 0.1) is 29.2 Å². The molecule has 0 aliphatic carbocycles. The number of benzene rings is 1. The van der Waals surface area contributed by atoms with Crippen LogP contribution in [0.25, 0.3) is 5.69 Å². The van der Waals surface area contributed by atoms with E-state index in [0.717, 1.165) is 11.4 Å². The summed E-state index contributed by atoms with van der Waals surface area (Å²) in [5.41, 5.74) is 3.60. The van der Waals surface area contributed by atoms with E-state index in [4.69, 9.17) is 0 Å². The second-order valence-electron chi connectivity index (χ2n) is 6.14. The Morgan fingerprint density at radius 1 is 1.28 bits per heavy atom. The molecule has 0 saturated heterocycles. The number of nitrogens with zero attached hydrogens (tertiary/aromatic N) is 3. The summed E-state index contributed by atoms with van der Waals surface area (Å²) in [6.45, 7) is 2.47. The number of para-hydroxylation sites is 1. The van der Waals surface area contributed by atoms with Gasteiger partial charge >= 0.3 is 0 Å². The van der Waals surface area contributed by atoms with Crippen LogP contribution in [-0.2, 0) is 0 Å². The van der Waals surface area contributed by atoms with Gasteiger partial charge in [0.15, 0.2) is 0 Å². The van der Waals surface area contributed by atoms with Crippen LogP contribution in [0.15, 0.2) is 53.4 Å². The maximum absolute atomic E-state index is 12.6. The predicted molar refractivity (Wildman–Crippen MR) is 101 cm³/mol. The van der Waals surface area contributed by atoms with Crippen molar-refractivity contribution in [1.29, 1.82) is 0 Å². The fourth-order valence-electron chi connectivity index (χ4n) is 2.81. The first-order chi connectivity index (χ1) is 12.1. The molecule has 0 radical (unpaired) electrons. The third-order valence-electron chi connectivity index (χ3n) is 4.26. The van der Waals surface area contributed by atoms with Crippen LogP contribution in [0.2, 0.25) is 0 Å². The van der Waals surface area contributed by atoms with E-state index in [0.29, 0.717) is 12.1 Å². The zero-order valence-corrected chi connectivity index (χ0v) is 15.5. The van der Waals surface area contributed by atoms with Crippen molar-refractivity contribution in [2.45, 2.75) is 13.0 Å². The summed E-state index contributed by atoms with van der Waals surface area (Å²) in [4.78, 5) is 14.7. The van der Waals surface area contributed by atoms with Gasteiger partial charge in [-0.2, -0.15) is 16.4 Å². The molecule has 3 aromatic rings. The minimum atomic E-state index is -0.0956. The highest BCUT2D eigenvalue weighted by molar-refractivity contribution is 7.07. The topological polar surface area (TPSA) is 50.2 Å². The average Bonchev–Trinajstić information content (AvgIpc) is 3.25. The van der Waals surface area contributed by atoms with Crippen molar-refractivity contribution in [2.75, 3.05) is 20.6 Å². The minimum absolute atomic E-state index is 0.0956. The summed E-state index contributed by atoms with van der Waals surface area (Å²) in [6, 6.07) is 12.1. The quantitative estimate of drug-likeness (QED) is 0.739. The van der Waals surface area contributed by atoms with Gasteiger partial charge in [0.25, 0.3) is 5.91 Å². The van der Waals surface area contributed by atoms with Crippen LogP contribution in [0, 0.1) is 6.92 Å². The zero-order chi connectivity index (χ0) is 17.8. The Labute approximate surface area is 151 Å². The molecule has 5 nitrogen and oxygen atoms in total. The number of aromatic nitrogens is 2. The van der Waals surface area contributed by atoms with E-state index >= 15 is 0 Å². The van der Waals surface area contributed by atoms with E-state index in [9.17, 15) is 4.79 Å². The molecule has 0 aliphatic heterocycles. The minimum Gasteiger partial charge on any atom is -0.350 e. The van der Waals surface area contributed by atoms with Crippen LogP contribution in [0.1, 0.15) is 27.7 Å². The maximum atomic E-state index is 12.6. The molecule has 25 heavy (non-hydrogen) atoms. The molecule has 0 bridgehead atoms. The first-order valence-corrected chi connectivity index (χ1v) is 9.09. The van der Waals surface area contributed by atoms with Crippen LogP contribution in [-0.4, -0.2) is 41.2 Å². The second kappa shape index (κ2) is 7.63. The molecule has 1 unspecified atom stereocenters. The van der Waals surface area contributed by atoms with E-state index in [1.54, 1.807) is 22.2 Å². The SMILES string of the molecule is Cc1c(C(=O)NCC(c2ccsc2)N(C)C)cnn1-c1ccccc1. The first-order valence-electron chi connectivity index (χ1n) is 8.14. The molecule has 2 aromatic heterocycles. The lowest BCUT2D eigenvalue weighted by atomic mass is 10.1. The van der Waals surface area contributed by atoms with E-state index in [1.807, 2.05) is 51.4 Å². The molecule has 1 atom stereocenters. The fourth-order valence-corrected chi connectivity index (χ4v) is 3.52. The first kappa shape index (κ1) is 17.4. The zero-order valence-electron chi connectivity index (χ0n) is 14.6. The van der Waals surface area contributed by atoms with Gasteiger partial charge in [0, 0.05) is 6.54 Å². The molecule has 6 heteroatoms. The average molecular weight is 354 g/mol. The summed E-state index contributed by atoms with van der Waals surface area (Å²) in [5, 5.41) is 11.6. The van der Waals surface area contributed by atoms with E-state index in [1.165, 1.54) is 5.56 Å². The summed E-state index contributed by atoms with van der Waals surface area (Å²) in [7, 11) is 4.04. The molecule has 0 aliphatic rings. The summed E-state index contributed by atoms with van der Waals surface area (Å²) < 4.78 is 1.79. The number of amides is 1. The molecule has 1 amide bonds. The van der Waals surface area contributed by atoms with Crippen molar-refractivity contribution in [2.24, 2.45) is 0 Å². The maximum Gasteiger partial charge on any atom is 0.254 e. The predicted octanol–water partition coefficient (Wildman–Crippen LogP) is 3.27. The van der Waals surface area contributed by atoms with Gasteiger partial charge in [0.2, 0.25) is 0 Å². The Hall–Kier alpha value is -2.44. The highest BCUT2D eigenvalue weighted by Crippen LogP contribution is 2.20. The molecule has 0 fully saturated rings. The molecular weight excluding hydrogens is 332 g/mol. The van der Waals surface area contributed by atoms with Crippen molar-refractivity contribution in [1.82, 2.24) is 20.0 Å². The number of thiophene rings is 1. The van der Waals surface area contributed by atoms with Crippen LogP contribution in [0.4, 0.5) is 0 Å². The molecule has 1 N–H and O–H groups in total. The smallest absolute Gasteiger partial charge is 0.254 e. The third-order valence-corrected chi connectivity index (χ3v) is 4.96. The second-order valence-corrected chi connectivity index (χ2v) is 6.92. The Morgan fingerprint density at radius 2 is 2.04 bits per heavy atom. The third kappa shape index (κ3) is 3.81. The van der Waals surface area contributed by atoms with Crippen molar-refractivity contribution in [3.05, 3.63) is 70.2 Å². The van der Waals surface area contributed by atoms with Crippen molar-refractivity contribution >= 4 is 17.2 Å². The van der Waals surface area contributed by atoms with Crippen LogP contribution < -0.4 is 5.32 Å². The highest BCUT2D eigenvalue weighted by Gasteiger charge is 2.19. The van der Waals surface area contributed by atoms with Crippen LogP contribution in [0.5, 0.6) is 0 Å². The molecule has 1 aromatic carbocycles. The number of carbonyl (C=O) groups is 1. The summed E-state index contributed by atoms with van der Waals surface area (Å²) >= 11 is 1.67. The number of carbonyl (C=O) groups excluding carboxylic acids is 1. The number of hydrogen-bond acceptors (Lipinski definition) is 4. The van der Waals surface area contributed by atoms with Gasteiger partial charge in [-0.1, -0.05) is 18.2 Å². The highest BCUT2D eigenvalue weighted by atomic mass is 32.1. The molecular formula is C19H22N4OS. The molecule has 0 spiro atoms. The lowest BCUT2D eigenvalue weighted by Gasteiger charge is -2.24. The number of rotatable bonds is 6. The number of likely N-dealkylation sites (N-methyl/N-ethyl adjacent to an activating group) is 1. The lowest BCUT2D eigenvalue weighted by molar-refractivity contribution is 0.0941. The van der Waals surface area contributed by atoms with Crippen LogP contribution in [0.3, 0.4) is 0 Å². The molecule has 130 valence electrons. The van der Waals surface area contributed by atoms with Crippen LogP contribution >= 0.6 is 11.3 Å². The number of hydrogen-bond donors (Lipinski definition) is 1. The Kier molecular flexibility index (Phi) is 5.31. The monoisotopic (exact) mass is 354 g/mol. The van der Waals surface area contributed by atoms with Gasteiger partial charge in [-0.25, -0.2) is 4.68 Å². The molecule has 2 heterocycles. The Balaban J connectivity index is 1.73. The van der Waals surface area contributed by atoms with Gasteiger partial charge < -0.3 is 10.2 Å². The van der Waals surface area contributed by atoms with Gasteiger partial charge in [-0.3, -0.25) is 4.79 Å². The standard InChI is InChI=1S/C19H22N4OS/c1-14-17(11-21-23(14)16-7-5-4-6-8-16)19(24)20-12-18(22(2)3)15-9-10-25-13-15/h4-11,13,18H,12H2,1-3H3,(H,20,24). The van der Waals surface area contributed by atoms with Gasteiger partial charge in [-0.15, -0.1) is 0 Å². The van der Waals surface area contributed by atoms with Crippen molar-refractivity contribution < 1.29 is 4.79 Å².